The van der Waals surface area contributed by atoms with Crippen LogP contribution in [0.1, 0.15) is 49.4 Å². The van der Waals surface area contributed by atoms with Crippen LogP contribution in [-0.2, 0) is 9.84 Å². The molecule has 0 aliphatic rings. The van der Waals surface area contributed by atoms with E-state index < -0.39 is 15.8 Å². The van der Waals surface area contributed by atoms with Crippen LogP contribution >= 0.6 is 23.2 Å². The Balaban J connectivity index is 2.94. The Kier molecular flexibility index (Phi) is 6.97. The predicted molar refractivity (Wildman–Crippen MR) is 84.2 cm³/mol. The maximum Gasteiger partial charge on any atom is 0.338 e. The van der Waals surface area contributed by atoms with Crippen molar-refractivity contribution in [3.8, 4) is 0 Å². The van der Waals surface area contributed by atoms with Crippen LogP contribution in [0, 0.1) is 0 Å². The summed E-state index contributed by atoms with van der Waals surface area (Å²) in [7, 11) is -3.60. The Morgan fingerprint density at radius 3 is 2.33 bits per heavy atom. The van der Waals surface area contributed by atoms with Gasteiger partial charge in [0.15, 0.2) is 9.84 Å². The summed E-state index contributed by atoms with van der Waals surface area (Å²) in [5.41, 5.74) is -0.370. The molecule has 0 radical (unpaired) electrons. The van der Waals surface area contributed by atoms with E-state index in [9.17, 15) is 13.2 Å². The minimum Gasteiger partial charge on any atom is -0.478 e. The van der Waals surface area contributed by atoms with Crippen LogP contribution in [0.5, 0.6) is 0 Å². The molecule has 118 valence electrons. The first-order chi connectivity index (χ1) is 9.81. The second-order valence-corrected chi connectivity index (χ2v) is 7.64. The Hall–Kier alpha value is -0.780. The van der Waals surface area contributed by atoms with Gasteiger partial charge in [0.25, 0.3) is 0 Å². The average molecular weight is 353 g/mol. The van der Waals surface area contributed by atoms with Crippen LogP contribution in [0.15, 0.2) is 17.0 Å². The summed E-state index contributed by atoms with van der Waals surface area (Å²) in [6, 6.07) is 2.51. The highest BCUT2D eigenvalue weighted by atomic mass is 35.5. The molecule has 4 nitrogen and oxygen atoms in total. The molecule has 0 heterocycles. The van der Waals surface area contributed by atoms with Crippen LogP contribution in [-0.4, -0.2) is 25.2 Å². The molecule has 1 aromatic carbocycles. The third kappa shape index (κ3) is 4.87. The van der Waals surface area contributed by atoms with E-state index in [0.717, 1.165) is 25.7 Å². The van der Waals surface area contributed by atoms with Crippen molar-refractivity contribution in [3.63, 3.8) is 0 Å². The lowest BCUT2D eigenvalue weighted by molar-refractivity contribution is 0.0697. The molecule has 0 atom stereocenters. The molecule has 1 aromatic rings. The minimum absolute atomic E-state index is 0.0445. The van der Waals surface area contributed by atoms with Gasteiger partial charge in [-0.1, -0.05) is 55.8 Å². The third-order valence-electron chi connectivity index (χ3n) is 3.12. The summed E-state index contributed by atoms with van der Waals surface area (Å²) in [6.45, 7) is 2.08. The number of halogens is 2. The van der Waals surface area contributed by atoms with Crippen molar-refractivity contribution >= 4 is 39.0 Å². The highest BCUT2D eigenvalue weighted by Crippen LogP contribution is 2.32. The SMILES string of the molecule is CCCCCCCS(=O)(=O)c1ccc(Cl)c(C(=O)O)c1Cl. The molecule has 0 saturated heterocycles. The van der Waals surface area contributed by atoms with Gasteiger partial charge in [0.05, 0.1) is 26.3 Å². The molecule has 0 aliphatic carbocycles. The molecular weight excluding hydrogens is 335 g/mol. The second kappa shape index (κ2) is 8.01. The van der Waals surface area contributed by atoms with E-state index in [1.54, 1.807) is 0 Å². The lowest BCUT2D eigenvalue weighted by atomic mass is 10.2. The maximum absolute atomic E-state index is 12.3. The number of benzene rings is 1. The van der Waals surface area contributed by atoms with Crippen molar-refractivity contribution < 1.29 is 18.3 Å². The zero-order valence-corrected chi connectivity index (χ0v) is 14.1. The van der Waals surface area contributed by atoms with E-state index in [1.165, 1.54) is 12.1 Å². The number of unbranched alkanes of at least 4 members (excludes halogenated alkanes) is 4. The number of sulfone groups is 1. The van der Waals surface area contributed by atoms with Crippen molar-refractivity contribution in [2.45, 2.75) is 43.9 Å². The first-order valence-electron chi connectivity index (χ1n) is 6.75. The summed E-state index contributed by atoms with van der Waals surface area (Å²) in [5.74, 6) is -1.39. The first kappa shape index (κ1) is 18.3. The van der Waals surface area contributed by atoms with Crippen molar-refractivity contribution in [1.29, 1.82) is 0 Å². The number of carbonyl (C=O) groups is 1. The molecule has 1 rings (SSSR count). The summed E-state index contributed by atoms with van der Waals surface area (Å²) in [6.07, 6.45) is 4.50. The molecule has 0 spiro atoms. The van der Waals surface area contributed by atoms with Gasteiger partial charge < -0.3 is 5.11 Å². The molecule has 0 amide bonds. The van der Waals surface area contributed by atoms with Crippen molar-refractivity contribution in [2.75, 3.05) is 5.75 Å². The lowest BCUT2D eigenvalue weighted by Gasteiger charge is -2.09. The fourth-order valence-electron chi connectivity index (χ4n) is 1.98. The molecule has 0 fully saturated rings. The molecular formula is C14H18Cl2O4S. The first-order valence-corrected chi connectivity index (χ1v) is 9.16. The number of hydrogen-bond acceptors (Lipinski definition) is 3. The summed E-state index contributed by atoms with van der Waals surface area (Å²) >= 11 is 11.7. The normalized spacial score (nSPS) is 11.6. The van der Waals surface area contributed by atoms with Gasteiger partial charge in [-0.2, -0.15) is 0 Å². The van der Waals surface area contributed by atoms with E-state index in [2.05, 4.69) is 6.92 Å². The van der Waals surface area contributed by atoms with Crippen LogP contribution < -0.4 is 0 Å². The lowest BCUT2D eigenvalue weighted by Crippen LogP contribution is -2.10. The second-order valence-electron chi connectivity index (χ2n) is 4.77. The molecule has 0 saturated carbocycles. The maximum atomic E-state index is 12.3. The van der Waals surface area contributed by atoms with Crippen molar-refractivity contribution in [1.82, 2.24) is 0 Å². The number of rotatable bonds is 8. The number of carboxylic acid groups (broad SMARTS) is 1. The fourth-order valence-corrected chi connectivity index (χ4v) is 4.31. The number of carboxylic acids is 1. The zero-order valence-electron chi connectivity index (χ0n) is 11.7. The van der Waals surface area contributed by atoms with Gasteiger partial charge in [0.1, 0.15) is 0 Å². The minimum atomic E-state index is -3.60. The van der Waals surface area contributed by atoms with Gasteiger partial charge in [-0.05, 0) is 18.6 Å². The molecule has 0 aromatic heterocycles. The summed E-state index contributed by atoms with van der Waals surface area (Å²) < 4.78 is 24.5. The van der Waals surface area contributed by atoms with E-state index in [-0.39, 0.29) is 26.3 Å². The monoisotopic (exact) mass is 352 g/mol. The molecule has 7 heteroatoms. The molecule has 1 N–H and O–H groups in total. The van der Waals surface area contributed by atoms with Gasteiger partial charge in [-0.3, -0.25) is 0 Å². The van der Waals surface area contributed by atoms with Crippen LogP contribution in [0.3, 0.4) is 0 Å². The average Bonchev–Trinajstić information content (AvgIpc) is 2.37. The molecule has 0 aliphatic heterocycles. The zero-order chi connectivity index (χ0) is 16.0. The number of hydrogen-bond donors (Lipinski definition) is 1. The van der Waals surface area contributed by atoms with E-state index >= 15 is 0 Å². The van der Waals surface area contributed by atoms with Crippen molar-refractivity contribution in [3.05, 3.63) is 27.7 Å². The highest BCUT2D eigenvalue weighted by Gasteiger charge is 2.24. The van der Waals surface area contributed by atoms with E-state index in [1.807, 2.05) is 0 Å². The van der Waals surface area contributed by atoms with Crippen LogP contribution in [0.2, 0.25) is 10.0 Å². The van der Waals surface area contributed by atoms with Crippen molar-refractivity contribution in [2.24, 2.45) is 0 Å². The molecule has 0 unspecified atom stereocenters. The standard InChI is InChI=1S/C14H18Cl2O4S/c1-2-3-4-5-6-9-21(19,20)11-8-7-10(15)12(13(11)16)14(17)18/h7-8H,2-6,9H2,1H3,(H,17,18). The largest absolute Gasteiger partial charge is 0.478 e. The molecule has 21 heavy (non-hydrogen) atoms. The smallest absolute Gasteiger partial charge is 0.338 e. The predicted octanol–water partition coefficient (Wildman–Crippen LogP) is 4.44. The number of aromatic carboxylic acids is 1. The van der Waals surface area contributed by atoms with Gasteiger partial charge in [-0.25, -0.2) is 13.2 Å². The van der Waals surface area contributed by atoms with Gasteiger partial charge in [0.2, 0.25) is 0 Å². The fraction of sp³-hybridized carbons (Fsp3) is 0.500. The summed E-state index contributed by atoms with van der Waals surface area (Å²) in [5, 5.41) is 8.66. The van der Waals surface area contributed by atoms with E-state index in [0.29, 0.717) is 6.42 Å². The van der Waals surface area contributed by atoms with Crippen LogP contribution in [0.25, 0.3) is 0 Å². The summed E-state index contributed by atoms with van der Waals surface area (Å²) in [4.78, 5) is 10.9. The molecule has 0 bridgehead atoms. The van der Waals surface area contributed by atoms with E-state index in [4.69, 9.17) is 28.3 Å². The van der Waals surface area contributed by atoms with Gasteiger partial charge in [0, 0.05) is 0 Å². The highest BCUT2D eigenvalue weighted by molar-refractivity contribution is 7.91. The Morgan fingerprint density at radius 2 is 1.76 bits per heavy atom. The topological polar surface area (TPSA) is 71.4 Å². The van der Waals surface area contributed by atoms with Crippen LogP contribution in [0.4, 0.5) is 0 Å². The Morgan fingerprint density at radius 1 is 1.14 bits per heavy atom. The van der Waals surface area contributed by atoms with Gasteiger partial charge >= 0.3 is 5.97 Å². The Labute approximate surface area is 135 Å². The van der Waals surface area contributed by atoms with Gasteiger partial charge in [-0.15, -0.1) is 0 Å². The Bertz CT molecular complexity index is 612. The quantitative estimate of drug-likeness (QED) is 0.702. The third-order valence-corrected chi connectivity index (χ3v) is 5.78.